The molecule has 3 rings (SSSR count). The van der Waals surface area contributed by atoms with E-state index in [-0.39, 0.29) is 18.1 Å². The number of nitrogens with zero attached hydrogens (tertiary/aromatic N) is 2. The Morgan fingerprint density at radius 3 is 2.62 bits per heavy atom. The summed E-state index contributed by atoms with van der Waals surface area (Å²) in [6.45, 7) is 7.21. The van der Waals surface area contributed by atoms with Crippen molar-refractivity contribution in [3.63, 3.8) is 0 Å². The summed E-state index contributed by atoms with van der Waals surface area (Å²) in [5, 5.41) is 0.917. The molecule has 2 heterocycles. The Hall–Kier alpha value is -1.94. The minimum absolute atomic E-state index is 0.0682. The van der Waals surface area contributed by atoms with E-state index < -0.39 is 0 Å². The third kappa shape index (κ3) is 2.76. The van der Waals surface area contributed by atoms with E-state index in [1.165, 1.54) is 0 Å². The molecule has 2 atom stereocenters. The minimum atomic E-state index is 0.0682. The van der Waals surface area contributed by atoms with E-state index >= 15 is 0 Å². The van der Waals surface area contributed by atoms with Gasteiger partial charge in [0.15, 0.2) is 0 Å². The van der Waals surface area contributed by atoms with Gasteiger partial charge in [-0.05, 0) is 32.9 Å². The van der Waals surface area contributed by atoms with Crippen LogP contribution in [0.3, 0.4) is 0 Å². The maximum absolute atomic E-state index is 12.9. The van der Waals surface area contributed by atoms with E-state index in [2.05, 4.69) is 4.98 Å². The van der Waals surface area contributed by atoms with Crippen LogP contribution < -0.4 is 0 Å². The van der Waals surface area contributed by atoms with Crippen LogP contribution in [0.5, 0.6) is 0 Å². The van der Waals surface area contributed by atoms with E-state index in [4.69, 9.17) is 4.74 Å². The number of carbonyl (C=O) groups excluding carboxylic acids is 1. The maximum atomic E-state index is 12.9. The fraction of sp³-hybridized carbons (Fsp3) is 0.412. The zero-order valence-corrected chi connectivity index (χ0v) is 12.7. The highest BCUT2D eigenvalue weighted by Crippen LogP contribution is 2.21. The summed E-state index contributed by atoms with van der Waals surface area (Å²) in [7, 11) is 0. The first-order chi connectivity index (χ1) is 10.0. The lowest BCUT2D eigenvalue weighted by molar-refractivity contribution is -0.0585. The number of benzene rings is 1. The molecule has 0 N–H and O–H groups in total. The summed E-state index contributed by atoms with van der Waals surface area (Å²) in [4.78, 5) is 19.3. The summed E-state index contributed by atoms with van der Waals surface area (Å²) in [6.07, 6.45) is 0.152. The number of fused-ring (bicyclic) bond motifs is 1. The van der Waals surface area contributed by atoms with Crippen LogP contribution >= 0.6 is 0 Å². The molecule has 0 aliphatic carbocycles. The van der Waals surface area contributed by atoms with Crippen LogP contribution in [0.1, 0.15) is 29.9 Å². The molecule has 0 spiro atoms. The molecule has 1 saturated heterocycles. The number of hydrogen-bond acceptors (Lipinski definition) is 3. The van der Waals surface area contributed by atoms with Crippen molar-refractivity contribution in [2.24, 2.45) is 0 Å². The Labute approximate surface area is 124 Å². The molecule has 4 heteroatoms. The van der Waals surface area contributed by atoms with Gasteiger partial charge in [-0.1, -0.05) is 18.2 Å². The van der Waals surface area contributed by atoms with Gasteiger partial charge in [0.25, 0.3) is 5.91 Å². The first-order valence-corrected chi connectivity index (χ1v) is 7.35. The summed E-state index contributed by atoms with van der Waals surface area (Å²) >= 11 is 0. The fourth-order valence-electron chi connectivity index (χ4n) is 3.00. The van der Waals surface area contributed by atoms with Gasteiger partial charge >= 0.3 is 0 Å². The number of aryl methyl sites for hydroxylation is 1. The Balaban J connectivity index is 2.01. The van der Waals surface area contributed by atoms with Crippen molar-refractivity contribution in [1.29, 1.82) is 0 Å². The van der Waals surface area contributed by atoms with Gasteiger partial charge in [0.05, 0.1) is 23.3 Å². The number of pyridine rings is 1. The van der Waals surface area contributed by atoms with E-state index in [1.807, 2.05) is 56.0 Å². The highest BCUT2D eigenvalue weighted by molar-refractivity contribution is 6.06. The van der Waals surface area contributed by atoms with Crippen molar-refractivity contribution in [3.8, 4) is 0 Å². The molecule has 1 aromatic carbocycles. The molecule has 1 fully saturated rings. The second-order valence-electron chi connectivity index (χ2n) is 5.80. The van der Waals surface area contributed by atoms with Crippen LogP contribution in [0, 0.1) is 6.92 Å². The summed E-state index contributed by atoms with van der Waals surface area (Å²) in [5.41, 5.74) is 2.47. The van der Waals surface area contributed by atoms with E-state index in [0.717, 1.165) is 22.2 Å². The number of carbonyl (C=O) groups is 1. The van der Waals surface area contributed by atoms with Gasteiger partial charge in [-0.15, -0.1) is 0 Å². The summed E-state index contributed by atoms with van der Waals surface area (Å²) < 4.78 is 5.71. The lowest BCUT2D eigenvalue weighted by Crippen LogP contribution is -2.48. The lowest BCUT2D eigenvalue weighted by atomic mass is 10.1. The fourth-order valence-corrected chi connectivity index (χ4v) is 3.00. The summed E-state index contributed by atoms with van der Waals surface area (Å²) in [6, 6.07) is 9.68. The lowest BCUT2D eigenvalue weighted by Gasteiger charge is -2.35. The first kappa shape index (κ1) is 14.0. The standard InChI is InChI=1S/C17H20N2O2/c1-11-8-15(14-6-4-5-7-16(14)18-11)17(20)19-9-12(2)21-13(3)10-19/h4-8,12-13H,9-10H2,1-3H3. The molecule has 0 radical (unpaired) electrons. The molecule has 2 aromatic rings. The van der Waals surface area contributed by atoms with Crippen molar-refractivity contribution in [2.45, 2.75) is 33.0 Å². The van der Waals surface area contributed by atoms with Gasteiger partial charge < -0.3 is 9.64 Å². The van der Waals surface area contributed by atoms with Gasteiger partial charge in [0.1, 0.15) is 0 Å². The number of ether oxygens (including phenoxy) is 1. The SMILES string of the molecule is Cc1cc(C(=O)N2CC(C)OC(C)C2)c2ccccc2n1. The van der Waals surface area contributed by atoms with Crippen LogP contribution in [0.2, 0.25) is 0 Å². The van der Waals surface area contributed by atoms with Crippen LogP contribution in [-0.2, 0) is 4.74 Å². The average Bonchev–Trinajstić information content (AvgIpc) is 2.44. The largest absolute Gasteiger partial charge is 0.372 e. The van der Waals surface area contributed by atoms with Gasteiger partial charge in [-0.3, -0.25) is 9.78 Å². The van der Waals surface area contributed by atoms with Crippen LogP contribution in [0.15, 0.2) is 30.3 Å². The molecular weight excluding hydrogens is 264 g/mol. The van der Waals surface area contributed by atoms with E-state index in [9.17, 15) is 4.79 Å². The molecule has 0 saturated carbocycles. The molecule has 4 nitrogen and oxygen atoms in total. The van der Waals surface area contributed by atoms with Crippen molar-refractivity contribution in [2.75, 3.05) is 13.1 Å². The number of amides is 1. The maximum Gasteiger partial charge on any atom is 0.254 e. The van der Waals surface area contributed by atoms with Crippen molar-refractivity contribution < 1.29 is 9.53 Å². The average molecular weight is 284 g/mol. The van der Waals surface area contributed by atoms with Crippen molar-refractivity contribution >= 4 is 16.8 Å². The Morgan fingerprint density at radius 2 is 1.90 bits per heavy atom. The molecule has 2 unspecified atom stereocenters. The number of rotatable bonds is 1. The van der Waals surface area contributed by atoms with E-state index in [0.29, 0.717) is 13.1 Å². The molecular formula is C17H20N2O2. The normalized spacial score (nSPS) is 22.5. The Morgan fingerprint density at radius 1 is 1.24 bits per heavy atom. The van der Waals surface area contributed by atoms with Crippen LogP contribution in [0.25, 0.3) is 10.9 Å². The third-order valence-corrected chi connectivity index (χ3v) is 3.78. The van der Waals surface area contributed by atoms with Gasteiger partial charge in [0.2, 0.25) is 0 Å². The zero-order valence-electron chi connectivity index (χ0n) is 12.7. The number of para-hydroxylation sites is 1. The summed E-state index contributed by atoms with van der Waals surface area (Å²) in [5.74, 6) is 0.0682. The molecule has 21 heavy (non-hydrogen) atoms. The van der Waals surface area contributed by atoms with Crippen molar-refractivity contribution in [1.82, 2.24) is 9.88 Å². The molecule has 0 bridgehead atoms. The highest BCUT2D eigenvalue weighted by Gasteiger charge is 2.27. The minimum Gasteiger partial charge on any atom is -0.372 e. The molecule has 110 valence electrons. The topological polar surface area (TPSA) is 42.4 Å². The quantitative estimate of drug-likeness (QED) is 0.808. The second-order valence-corrected chi connectivity index (χ2v) is 5.80. The van der Waals surface area contributed by atoms with Gasteiger partial charge in [-0.25, -0.2) is 0 Å². The molecule has 1 aliphatic heterocycles. The number of hydrogen-bond donors (Lipinski definition) is 0. The smallest absolute Gasteiger partial charge is 0.254 e. The number of aromatic nitrogens is 1. The van der Waals surface area contributed by atoms with Crippen molar-refractivity contribution in [3.05, 3.63) is 41.6 Å². The van der Waals surface area contributed by atoms with Gasteiger partial charge in [0, 0.05) is 24.2 Å². The third-order valence-electron chi connectivity index (χ3n) is 3.78. The highest BCUT2D eigenvalue weighted by atomic mass is 16.5. The number of morpholine rings is 1. The predicted molar refractivity (Wildman–Crippen MR) is 82.4 cm³/mol. The predicted octanol–water partition coefficient (Wildman–Crippen LogP) is 2.79. The Kier molecular flexibility index (Phi) is 3.64. The monoisotopic (exact) mass is 284 g/mol. The molecule has 1 aromatic heterocycles. The van der Waals surface area contributed by atoms with Crippen LogP contribution in [-0.4, -0.2) is 41.1 Å². The first-order valence-electron chi connectivity index (χ1n) is 7.35. The van der Waals surface area contributed by atoms with E-state index in [1.54, 1.807) is 0 Å². The zero-order chi connectivity index (χ0) is 15.0. The van der Waals surface area contributed by atoms with Gasteiger partial charge in [-0.2, -0.15) is 0 Å². The molecule has 1 amide bonds. The molecule has 1 aliphatic rings. The Bertz CT molecular complexity index is 674. The second kappa shape index (κ2) is 5.45. The van der Waals surface area contributed by atoms with Crippen LogP contribution in [0.4, 0.5) is 0 Å².